The highest BCUT2D eigenvalue weighted by Gasteiger charge is 2.46. The van der Waals surface area contributed by atoms with E-state index in [-0.39, 0.29) is 12.4 Å². The highest BCUT2D eigenvalue weighted by molar-refractivity contribution is 7.94. The summed E-state index contributed by atoms with van der Waals surface area (Å²) in [6.45, 7) is 7.60. The number of nitrogens with zero attached hydrogens (tertiary/aromatic N) is 1. The summed E-state index contributed by atoms with van der Waals surface area (Å²) in [6, 6.07) is 1.48. The van der Waals surface area contributed by atoms with Crippen LogP contribution in [-0.2, 0) is 24.1 Å². The van der Waals surface area contributed by atoms with Gasteiger partial charge in [0.05, 0.1) is 11.9 Å². The summed E-state index contributed by atoms with van der Waals surface area (Å²) in [5, 5.41) is 5.65. The predicted molar refractivity (Wildman–Crippen MR) is 92.9 cm³/mol. The zero-order valence-corrected chi connectivity index (χ0v) is 15.5. The van der Waals surface area contributed by atoms with Crippen molar-refractivity contribution in [2.45, 2.75) is 36.7 Å². The number of amides is 1. The lowest BCUT2D eigenvalue weighted by molar-refractivity contribution is -0.117. The Balaban J connectivity index is 2.12. The van der Waals surface area contributed by atoms with Gasteiger partial charge in [0.25, 0.3) is 0 Å². The molecule has 0 spiro atoms. The van der Waals surface area contributed by atoms with Crippen molar-refractivity contribution in [3.8, 4) is 0 Å². The molecule has 0 bridgehead atoms. The van der Waals surface area contributed by atoms with Gasteiger partial charge < -0.3 is 19.3 Å². The summed E-state index contributed by atoms with van der Waals surface area (Å²) in [6.07, 6.45) is 0.786. The number of methoxy groups -OCH3 is 1. The molecule has 0 saturated carbocycles. The van der Waals surface area contributed by atoms with E-state index in [9.17, 15) is 13.2 Å². The van der Waals surface area contributed by atoms with Crippen LogP contribution < -0.4 is 5.32 Å². The largest absolute Gasteiger partial charge is 0.381 e. The standard InChI is InChI=1S/C16H24N2O6S/c1-11(10-22-4)13-9-14(18-24-13)17-15(19)16(2,3)25(20,21)12-5-7-23-8-6-12/h9,12H,1,5-8,10H2,2-4H3,(H,17,18,19). The number of nitrogens with one attached hydrogen (secondary N) is 1. The molecule has 8 nitrogen and oxygen atoms in total. The predicted octanol–water partition coefficient (Wildman–Crippen LogP) is 1.65. The second-order valence-electron chi connectivity index (χ2n) is 6.43. The van der Waals surface area contributed by atoms with Crippen LogP contribution in [0, 0.1) is 0 Å². The van der Waals surface area contributed by atoms with Gasteiger partial charge in [-0.05, 0) is 26.7 Å². The first kappa shape index (κ1) is 19.6. The summed E-state index contributed by atoms with van der Waals surface area (Å²) in [5.41, 5.74) is 0.560. The molecule has 0 aliphatic carbocycles. The third-order valence-corrected chi connectivity index (χ3v) is 7.24. The molecule has 1 amide bonds. The topological polar surface area (TPSA) is 108 Å². The molecular formula is C16H24N2O6S. The van der Waals surface area contributed by atoms with E-state index in [0.717, 1.165) is 0 Å². The average Bonchev–Trinajstić information content (AvgIpc) is 3.04. The number of hydrogen-bond acceptors (Lipinski definition) is 7. The van der Waals surface area contributed by atoms with Gasteiger partial charge in [-0.3, -0.25) is 4.79 Å². The maximum absolute atomic E-state index is 12.8. The van der Waals surface area contributed by atoms with Gasteiger partial charge in [-0.15, -0.1) is 0 Å². The molecule has 1 fully saturated rings. The lowest BCUT2D eigenvalue weighted by atomic mass is 10.2. The van der Waals surface area contributed by atoms with Gasteiger partial charge in [-0.25, -0.2) is 8.42 Å². The molecule has 25 heavy (non-hydrogen) atoms. The molecular weight excluding hydrogens is 348 g/mol. The number of rotatable bonds is 7. The Kier molecular flexibility index (Phi) is 6.02. The second kappa shape index (κ2) is 7.67. The molecule has 1 aromatic heterocycles. The fourth-order valence-electron chi connectivity index (χ4n) is 2.55. The van der Waals surface area contributed by atoms with Crippen molar-refractivity contribution in [3.63, 3.8) is 0 Å². The molecule has 140 valence electrons. The maximum atomic E-state index is 12.8. The summed E-state index contributed by atoms with van der Waals surface area (Å²) in [4.78, 5) is 12.6. The Morgan fingerprint density at radius 1 is 1.44 bits per heavy atom. The molecule has 0 aromatic carbocycles. The third kappa shape index (κ3) is 4.10. The number of aromatic nitrogens is 1. The first-order chi connectivity index (χ1) is 11.7. The minimum absolute atomic E-state index is 0.132. The molecule has 9 heteroatoms. The van der Waals surface area contributed by atoms with Gasteiger partial charge >= 0.3 is 0 Å². The Hall–Kier alpha value is -1.71. The van der Waals surface area contributed by atoms with Gasteiger partial charge in [0.2, 0.25) is 5.91 Å². The third-order valence-electron chi connectivity index (χ3n) is 4.28. The van der Waals surface area contributed by atoms with Crippen molar-refractivity contribution in [3.05, 3.63) is 18.4 Å². The molecule has 1 saturated heterocycles. The first-order valence-corrected chi connectivity index (χ1v) is 9.51. The molecule has 1 N–H and O–H groups in total. The van der Waals surface area contributed by atoms with Gasteiger partial charge in [-0.1, -0.05) is 11.7 Å². The number of carbonyl (C=O) groups excluding carboxylic acids is 1. The molecule has 0 atom stereocenters. The van der Waals surface area contributed by atoms with Crippen LogP contribution in [0.4, 0.5) is 5.82 Å². The van der Waals surface area contributed by atoms with E-state index in [0.29, 0.717) is 37.4 Å². The highest BCUT2D eigenvalue weighted by atomic mass is 32.2. The molecule has 2 heterocycles. The Labute approximate surface area is 147 Å². The summed E-state index contributed by atoms with van der Waals surface area (Å²) in [5.74, 6) is -0.161. The van der Waals surface area contributed by atoms with Gasteiger partial charge in [0.1, 0.15) is 4.75 Å². The van der Waals surface area contributed by atoms with Crippen LogP contribution in [0.25, 0.3) is 5.57 Å². The van der Waals surface area contributed by atoms with Crippen LogP contribution in [0.3, 0.4) is 0 Å². The van der Waals surface area contributed by atoms with E-state index in [4.69, 9.17) is 14.0 Å². The van der Waals surface area contributed by atoms with E-state index >= 15 is 0 Å². The van der Waals surface area contributed by atoms with Crippen molar-refractivity contribution in [2.24, 2.45) is 0 Å². The number of sulfone groups is 1. The lowest BCUT2D eigenvalue weighted by Gasteiger charge is -2.30. The van der Waals surface area contributed by atoms with E-state index in [2.05, 4.69) is 17.1 Å². The zero-order valence-electron chi connectivity index (χ0n) is 14.7. The van der Waals surface area contributed by atoms with Crippen LogP contribution in [0.2, 0.25) is 0 Å². The minimum atomic E-state index is -3.69. The molecule has 0 unspecified atom stereocenters. The van der Waals surface area contributed by atoms with Crippen LogP contribution >= 0.6 is 0 Å². The van der Waals surface area contributed by atoms with E-state index in [1.807, 2.05) is 0 Å². The molecule has 1 aromatic rings. The molecule has 0 radical (unpaired) electrons. The fraction of sp³-hybridized carbons (Fsp3) is 0.625. The van der Waals surface area contributed by atoms with Crippen molar-refractivity contribution in [1.82, 2.24) is 5.16 Å². The quantitative estimate of drug-likeness (QED) is 0.775. The number of anilines is 1. The Bertz CT molecular complexity index is 732. The summed E-state index contributed by atoms with van der Waals surface area (Å²) < 4.78 is 39.3. The van der Waals surface area contributed by atoms with E-state index < -0.39 is 25.7 Å². The monoisotopic (exact) mass is 372 g/mol. The molecule has 2 rings (SSSR count). The SMILES string of the molecule is C=C(COC)c1cc(NC(=O)C(C)(C)S(=O)(=O)C2CCOCC2)no1. The van der Waals surface area contributed by atoms with Gasteiger partial charge in [0.15, 0.2) is 21.4 Å². The number of carbonyl (C=O) groups is 1. The second-order valence-corrected chi connectivity index (χ2v) is 9.21. The van der Waals surface area contributed by atoms with E-state index in [1.165, 1.54) is 27.0 Å². The summed E-state index contributed by atoms with van der Waals surface area (Å²) in [7, 11) is -2.17. The number of hydrogen-bond donors (Lipinski definition) is 1. The van der Waals surface area contributed by atoms with Crippen molar-refractivity contribution < 1.29 is 27.2 Å². The van der Waals surface area contributed by atoms with Crippen LogP contribution in [0.5, 0.6) is 0 Å². The smallest absolute Gasteiger partial charge is 0.246 e. The molecule has 1 aliphatic heterocycles. The highest BCUT2D eigenvalue weighted by Crippen LogP contribution is 2.29. The Morgan fingerprint density at radius 2 is 2.08 bits per heavy atom. The zero-order chi connectivity index (χ0) is 18.7. The van der Waals surface area contributed by atoms with Crippen LogP contribution in [0.15, 0.2) is 17.2 Å². The van der Waals surface area contributed by atoms with Crippen LogP contribution in [0.1, 0.15) is 32.4 Å². The lowest BCUT2D eigenvalue weighted by Crippen LogP contribution is -2.50. The Morgan fingerprint density at radius 3 is 2.68 bits per heavy atom. The number of ether oxygens (including phenoxy) is 2. The van der Waals surface area contributed by atoms with Crippen molar-refractivity contribution in [1.29, 1.82) is 0 Å². The molecule has 1 aliphatic rings. The van der Waals surface area contributed by atoms with Gasteiger partial charge in [-0.2, -0.15) is 0 Å². The average molecular weight is 372 g/mol. The maximum Gasteiger partial charge on any atom is 0.246 e. The fourth-order valence-corrected chi connectivity index (χ4v) is 4.50. The van der Waals surface area contributed by atoms with E-state index in [1.54, 1.807) is 0 Å². The van der Waals surface area contributed by atoms with Crippen molar-refractivity contribution >= 4 is 27.1 Å². The van der Waals surface area contributed by atoms with Crippen LogP contribution in [-0.4, -0.2) is 56.4 Å². The van der Waals surface area contributed by atoms with Crippen molar-refractivity contribution in [2.75, 3.05) is 32.2 Å². The van der Waals surface area contributed by atoms with Gasteiger partial charge in [0, 0.05) is 32.0 Å². The minimum Gasteiger partial charge on any atom is -0.381 e. The first-order valence-electron chi connectivity index (χ1n) is 7.96. The normalized spacial score (nSPS) is 16.6. The summed E-state index contributed by atoms with van der Waals surface area (Å²) >= 11 is 0.